The minimum absolute atomic E-state index is 0.195. The van der Waals surface area contributed by atoms with E-state index in [1.165, 1.54) is 0 Å². The van der Waals surface area contributed by atoms with E-state index in [4.69, 9.17) is 16.3 Å². The molecule has 0 spiro atoms. The molecule has 3 rings (SSSR count). The number of aromatic hydroxyl groups is 1. The largest absolute Gasteiger partial charge is 0.508 e. The van der Waals surface area contributed by atoms with Crippen LogP contribution in [0.3, 0.4) is 0 Å². The molecule has 96 valence electrons. The molecule has 0 saturated heterocycles. The summed E-state index contributed by atoms with van der Waals surface area (Å²) in [7, 11) is 1.60. The van der Waals surface area contributed by atoms with Crippen LogP contribution in [0.25, 0.3) is 22.4 Å². The third-order valence-electron chi connectivity index (χ3n) is 2.88. The molecule has 2 aromatic carbocycles. The number of nitrogens with zero attached hydrogens (tertiary/aromatic N) is 1. The summed E-state index contributed by atoms with van der Waals surface area (Å²) < 4.78 is 5.31. The maximum Gasteiger partial charge on any atom is 0.142 e. The van der Waals surface area contributed by atoms with Gasteiger partial charge in [-0.2, -0.15) is 0 Å². The standard InChI is InChI=1S/C14H11ClN2O2/c1-19-13-5-2-8(15)6-10(13)14-16-11-4-3-9(18)7-12(11)17-14/h2-7,18H,1H3,(H,16,17). The van der Waals surface area contributed by atoms with Crippen molar-refractivity contribution in [3.63, 3.8) is 0 Å². The number of benzene rings is 2. The van der Waals surface area contributed by atoms with E-state index in [2.05, 4.69) is 9.97 Å². The van der Waals surface area contributed by atoms with Gasteiger partial charge in [-0.25, -0.2) is 4.98 Å². The summed E-state index contributed by atoms with van der Waals surface area (Å²) in [5.74, 6) is 1.54. The number of halogens is 1. The zero-order valence-electron chi connectivity index (χ0n) is 10.1. The fourth-order valence-corrected chi connectivity index (χ4v) is 2.16. The van der Waals surface area contributed by atoms with Crippen LogP contribution in [-0.4, -0.2) is 22.2 Å². The second kappa shape index (κ2) is 4.48. The van der Waals surface area contributed by atoms with Gasteiger partial charge in [0.25, 0.3) is 0 Å². The summed E-state index contributed by atoms with van der Waals surface area (Å²) in [5.41, 5.74) is 2.32. The first-order valence-electron chi connectivity index (χ1n) is 5.70. The van der Waals surface area contributed by atoms with Crippen molar-refractivity contribution in [2.24, 2.45) is 0 Å². The maximum absolute atomic E-state index is 9.46. The van der Waals surface area contributed by atoms with Crippen LogP contribution in [0.2, 0.25) is 5.02 Å². The Bertz CT molecular complexity index is 752. The van der Waals surface area contributed by atoms with E-state index in [0.717, 1.165) is 16.6 Å². The van der Waals surface area contributed by atoms with Crippen molar-refractivity contribution in [3.8, 4) is 22.9 Å². The molecule has 1 aromatic heterocycles. The highest BCUT2D eigenvalue weighted by Crippen LogP contribution is 2.32. The maximum atomic E-state index is 9.46. The Kier molecular flexibility index (Phi) is 2.80. The van der Waals surface area contributed by atoms with E-state index in [1.807, 2.05) is 0 Å². The van der Waals surface area contributed by atoms with Crippen LogP contribution < -0.4 is 4.74 Å². The van der Waals surface area contributed by atoms with Crippen molar-refractivity contribution in [2.45, 2.75) is 0 Å². The summed E-state index contributed by atoms with van der Waals surface area (Å²) >= 11 is 6.01. The molecule has 0 saturated carbocycles. The van der Waals surface area contributed by atoms with Gasteiger partial charge in [-0.15, -0.1) is 0 Å². The number of aromatic nitrogens is 2. The zero-order chi connectivity index (χ0) is 13.4. The van der Waals surface area contributed by atoms with Crippen LogP contribution >= 0.6 is 11.6 Å². The second-order valence-corrected chi connectivity index (χ2v) is 4.57. The summed E-state index contributed by atoms with van der Waals surface area (Å²) in [5, 5.41) is 10.1. The lowest BCUT2D eigenvalue weighted by Gasteiger charge is -2.05. The third-order valence-corrected chi connectivity index (χ3v) is 3.12. The first-order chi connectivity index (χ1) is 9.17. The van der Waals surface area contributed by atoms with E-state index in [9.17, 15) is 5.11 Å². The molecular weight excluding hydrogens is 264 g/mol. The van der Waals surface area contributed by atoms with Gasteiger partial charge in [-0.3, -0.25) is 0 Å². The second-order valence-electron chi connectivity index (χ2n) is 4.13. The molecule has 1 heterocycles. The highest BCUT2D eigenvalue weighted by molar-refractivity contribution is 6.30. The molecule has 0 aliphatic carbocycles. The summed E-state index contributed by atoms with van der Waals surface area (Å²) in [4.78, 5) is 7.61. The number of ether oxygens (including phenoxy) is 1. The number of phenolic OH excluding ortho intramolecular Hbond substituents is 1. The molecular formula is C14H11ClN2O2. The number of hydrogen-bond donors (Lipinski definition) is 2. The highest BCUT2D eigenvalue weighted by atomic mass is 35.5. The van der Waals surface area contributed by atoms with Gasteiger partial charge in [-0.1, -0.05) is 11.6 Å². The molecule has 0 radical (unpaired) electrons. The first-order valence-corrected chi connectivity index (χ1v) is 6.08. The van der Waals surface area contributed by atoms with Crippen molar-refractivity contribution < 1.29 is 9.84 Å². The number of hydrogen-bond acceptors (Lipinski definition) is 3. The van der Waals surface area contributed by atoms with Gasteiger partial charge in [0.1, 0.15) is 17.3 Å². The number of phenols is 1. The van der Waals surface area contributed by atoms with Gasteiger partial charge in [0.15, 0.2) is 0 Å². The Balaban J connectivity index is 2.21. The smallest absolute Gasteiger partial charge is 0.142 e. The Morgan fingerprint density at radius 1 is 1.21 bits per heavy atom. The quantitative estimate of drug-likeness (QED) is 0.751. The predicted molar refractivity (Wildman–Crippen MR) is 74.8 cm³/mol. The minimum atomic E-state index is 0.195. The molecule has 0 aliphatic rings. The van der Waals surface area contributed by atoms with E-state index in [0.29, 0.717) is 16.6 Å². The summed E-state index contributed by atoms with van der Waals surface area (Å²) in [6.45, 7) is 0. The molecule has 0 amide bonds. The molecule has 19 heavy (non-hydrogen) atoms. The van der Waals surface area contributed by atoms with Gasteiger partial charge in [0, 0.05) is 11.1 Å². The topological polar surface area (TPSA) is 58.1 Å². The fraction of sp³-hybridized carbons (Fsp3) is 0.0714. The van der Waals surface area contributed by atoms with Crippen LogP contribution in [0.1, 0.15) is 0 Å². The van der Waals surface area contributed by atoms with Gasteiger partial charge < -0.3 is 14.8 Å². The zero-order valence-corrected chi connectivity index (χ0v) is 10.9. The third kappa shape index (κ3) is 2.11. The van der Waals surface area contributed by atoms with Crippen LogP contribution in [0, 0.1) is 0 Å². The highest BCUT2D eigenvalue weighted by Gasteiger charge is 2.11. The van der Waals surface area contributed by atoms with E-state index < -0.39 is 0 Å². The lowest BCUT2D eigenvalue weighted by molar-refractivity contribution is 0.416. The fourth-order valence-electron chi connectivity index (χ4n) is 1.99. The monoisotopic (exact) mass is 274 g/mol. The van der Waals surface area contributed by atoms with Gasteiger partial charge in [-0.05, 0) is 30.3 Å². The van der Waals surface area contributed by atoms with Gasteiger partial charge in [0.05, 0.1) is 23.7 Å². The minimum Gasteiger partial charge on any atom is -0.508 e. The first kappa shape index (κ1) is 11.9. The van der Waals surface area contributed by atoms with Crippen LogP contribution in [0.15, 0.2) is 36.4 Å². The molecule has 0 fully saturated rings. The molecule has 0 unspecified atom stereocenters. The van der Waals surface area contributed by atoms with Crippen molar-refractivity contribution in [3.05, 3.63) is 41.4 Å². The molecule has 5 heteroatoms. The van der Waals surface area contributed by atoms with Crippen molar-refractivity contribution >= 4 is 22.6 Å². The average molecular weight is 275 g/mol. The lowest BCUT2D eigenvalue weighted by atomic mass is 10.2. The normalized spacial score (nSPS) is 10.8. The van der Waals surface area contributed by atoms with Crippen LogP contribution in [0.4, 0.5) is 0 Å². The number of methoxy groups -OCH3 is 1. The Hall–Kier alpha value is -2.20. The number of H-pyrrole nitrogens is 1. The van der Waals surface area contributed by atoms with Gasteiger partial charge in [0.2, 0.25) is 0 Å². The van der Waals surface area contributed by atoms with Crippen LogP contribution in [0.5, 0.6) is 11.5 Å². The average Bonchev–Trinajstić information content (AvgIpc) is 2.81. The number of imidazole rings is 1. The molecule has 0 atom stereocenters. The summed E-state index contributed by atoms with van der Waals surface area (Å²) in [6.07, 6.45) is 0. The molecule has 2 N–H and O–H groups in total. The Morgan fingerprint density at radius 3 is 2.84 bits per heavy atom. The molecule has 0 bridgehead atoms. The summed E-state index contributed by atoms with van der Waals surface area (Å²) in [6, 6.07) is 10.3. The Morgan fingerprint density at radius 2 is 2.05 bits per heavy atom. The number of aromatic amines is 1. The lowest BCUT2D eigenvalue weighted by Crippen LogP contribution is -1.89. The Labute approximate surface area is 114 Å². The van der Waals surface area contributed by atoms with E-state index >= 15 is 0 Å². The van der Waals surface area contributed by atoms with Crippen molar-refractivity contribution in [1.82, 2.24) is 9.97 Å². The molecule has 0 aliphatic heterocycles. The molecule has 3 aromatic rings. The molecule has 4 nitrogen and oxygen atoms in total. The van der Waals surface area contributed by atoms with Crippen molar-refractivity contribution in [2.75, 3.05) is 7.11 Å². The number of nitrogens with one attached hydrogen (secondary N) is 1. The van der Waals surface area contributed by atoms with Crippen molar-refractivity contribution in [1.29, 1.82) is 0 Å². The SMILES string of the molecule is COc1ccc(Cl)cc1-c1nc2ccc(O)cc2[nH]1. The predicted octanol–water partition coefficient (Wildman–Crippen LogP) is 3.60. The van der Waals surface area contributed by atoms with Crippen LogP contribution in [-0.2, 0) is 0 Å². The van der Waals surface area contributed by atoms with E-state index in [1.54, 1.807) is 43.5 Å². The van der Waals surface area contributed by atoms with E-state index in [-0.39, 0.29) is 5.75 Å². The van der Waals surface area contributed by atoms with Gasteiger partial charge >= 0.3 is 0 Å². The number of rotatable bonds is 2. The number of fused-ring (bicyclic) bond motifs is 1.